The smallest absolute Gasteiger partial charge is 0.430 e. The number of ether oxygens (including phenoxy) is 3. The zero-order valence-electron chi connectivity index (χ0n) is 17.0. The van der Waals surface area contributed by atoms with E-state index in [1.807, 2.05) is 0 Å². The monoisotopic (exact) mass is 374 g/mol. The molecule has 1 unspecified atom stereocenters. The van der Waals surface area contributed by atoms with Gasteiger partial charge in [-0.1, -0.05) is 0 Å². The van der Waals surface area contributed by atoms with Gasteiger partial charge in [0.15, 0.2) is 5.78 Å². The molecule has 0 saturated carbocycles. The number of amides is 2. The summed E-state index contributed by atoms with van der Waals surface area (Å²) in [6.45, 7) is 13.5. The van der Waals surface area contributed by atoms with Crippen molar-refractivity contribution in [3.8, 4) is 0 Å². The molecule has 0 bridgehead atoms. The van der Waals surface area contributed by atoms with E-state index in [0.717, 1.165) is 13.8 Å². The molecular weight excluding hydrogens is 344 g/mol. The van der Waals surface area contributed by atoms with Crippen molar-refractivity contribution >= 4 is 23.9 Å². The Morgan fingerprint density at radius 2 is 1.35 bits per heavy atom. The van der Waals surface area contributed by atoms with Crippen LogP contribution in [0.25, 0.3) is 0 Å². The first kappa shape index (κ1) is 23.7. The van der Waals surface area contributed by atoms with Gasteiger partial charge in [-0.2, -0.15) is 5.01 Å². The molecule has 0 aliphatic heterocycles. The van der Waals surface area contributed by atoms with E-state index in [9.17, 15) is 19.2 Å². The lowest BCUT2D eigenvalue weighted by molar-refractivity contribution is -0.162. The summed E-state index contributed by atoms with van der Waals surface area (Å²) in [5.74, 6) is -1.73. The van der Waals surface area contributed by atoms with Gasteiger partial charge in [0.2, 0.25) is 5.54 Å². The number of Topliss-reactive ketones (excluding diaryl/α,β-unsaturated/α-hetero) is 1. The van der Waals surface area contributed by atoms with Gasteiger partial charge in [0.05, 0.1) is 6.61 Å². The topological polar surface area (TPSA) is 111 Å². The lowest BCUT2D eigenvalue weighted by Gasteiger charge is -2.37. The molecule has 0 spiro atoms. The predicted molar refractivity (Wildman–Crippen MR) is 93.2 cm³/mol. The molecule has 0 aliphatic carbocycles. The van der Waals surface area contributed by atoms with Gasteiger partial charge < -0.3 is 14.2 Å². The van der Waals surface area contributed by atoms with Crippen molar-refractivity contribution in [1.82, 2.24) is 10.4 Å². The van der Waals surface area contributed by atoms with Crippen LogP contribution in [-0.4, -0.2) is 52.3 Å². The largest absolute Gasteiger partial charge is 0.464 e. The Morgan fingerprint density at radius 1 is 0.885 bits per heavy atom. The van der Waals surface area contributed by atoms with Crippen molar-refractivity contribution in [2.75, 3.05) is 6.61 Å². The maximum absolute atomic E-state index is 12.6. The summed E-state index contributed by atoms with van der Waals surface area (Å²) < 4.78 is 15.2. The van der Waals surface area contributed by atoms with E-state index in [4.69, 9.17) is 14.2 Å². The first-order chi connectivity index (χ1) is 11.5. The Morgan fingerprint density at radius 3 is 1.69 bits per heavy atom. The van der Waals surface area contributed by atoms with Crippen LogP contribution in [0.3, 0.4) is 0 Å². The van der Waals surface area contributed by atoms with Crippen LogP contribution in [0, 0.1) is 0 Å². The van der Waals surface area contributed by atoms with Gasteiger partial charge in [-0.15, -0.1) is 0 Å². The van der Waals surface area contributed by atoms with Gasteiger partial charge in [-0.05, 0) is 62.3 Å². The molecule has 0 aromatic carbocycles. The second kappa shape index (κ2) is 8.37. The van der Waals surface area contributed by atoms with Crippen LogP contribution in [0.4, 0.5) is 9.59 Å². The van der Waals surface area contributed by atoms with Crippen LogP contribution in [-0.2, 0) is 23.8 Å². The van der Waals surface area contributed by atoms with Crippen molar-refractivity contribution in [1.29, 1.82) is 0 Å². The number of nitrogens with one attached hydrogen (secondary N) is 1. The van der Waals surface area contributed by atoms with E-state index in [1.165, 1.54) is 0 Å². The minimum Gasteiger partial charge on any atom is -0.464 e. The summed E-state index contributed by atoms with van der Waals surface area (Å²) >= 11 is 0. The highest BCUT2D eigenvalue weighted by atomic mass is 16.6. The summed E-state index contributed by atoms with van der Waals surface area (Å²) in [6.07, 6.45) is -2.13. The standard InChI is InChI=1S/C17H30N2O7/c1-10-24-12(21)17(9,11(2)20)19(14(23)26-16(6,7)8)18-13(22)25-15(3,4)5/h10H2,1-9H3,(H,18,22). The molecule has 0 fully saturated rings. The quantitative estimate of drug-likeness (QED) is 0.348. The fourth-order valence-corrected chi connectivity index (χ4v) is 1.70. The second-order valence-corrected chi connectivity index (χ2v) is 7.78. The molecule has 26 heavy (non-hydrogen) atoms. The molecule has 0 saturated heterocycles. The first-order valence-corrected chi connectivity index (χ1v) is 8.25. The number of hydrogen-bond acceptors (Lipinski definition) is 7. The zero-order valence-corrected chi connectivity index (χ0v) is 17.0. The summed E-state index contributed by atoms with van der Waals surface area (Å²) in [6, 6.07) is 0. The van der Waals surface area contributed by atoms with Crippen molar-refractivity contribution in [3.05, 3.63) is 0 Å². The first-order valence-electron chi connectivity index (χ1n) is 8.25. The zero-order chi connectivity index (χ0) is 20.9. The highest BCUT2D eigenvalue weighted by Crippen LogP contribution is 2.21. The highest BCUT2D eigenvalue weighted by molar-refractivity contribution is 6.09. The summed E-state index contributed by atoms with van der Waals surface area (Å²) in [4.78, 5) is 49.4. The van der Waals surface area contributed by atoms with E-state index >= 15 is 0 Å². The van der Waals surface area contributed by atoms with E-state index < -0.39 is 40.7 Å². The van der Waals surface area contributed by atoms with Crippen LogP contribution >= 0.6 is 0 Å². The lowest BCUT2D eigenvalue weighted by atomic mass is 9.97. The Hall–Kier alpha value is -2.32. The molecular formula is C17H30N2O7. The minimum atomic E-state index is -2.13. The molecule has 2 amide bonds. The average molecular weight is 374 g/mol. The number of esters is 1. The number of ketones is 1. The van der Waals surface area contributed by atoms with Crippen LogP contribution in [0.1, 0.15) is 62.3 Å². The molecule has 9 heteroatoms. The molecule has 1 N–H and O–H groups in total. The summed E-state index contributed by atoms with van der Waals surface area (Å²) in [7, 11) is 0. The number of nitrogens with zero attached hydrogens (tertiary/aromatic N) is 1. The van der Waals surface area contributed by atoms with Crippen LogP contribution in [0.15, 0.2) is 0 Å². The van der Waals surface area contributed by atoms with Crippen molar-refractivity contribution in [2.45, 2.75) is 79.1 Å². The summed E-state index contributed by atoms with van der Waals surface area (Å²) in [5.41, 5.74) is -1.79. The molecule has 9 nitrogen and oxygen atoms in total. The Kier molecular flexibility index (Phi) is 7.63. The number of carbonyl (C=O) groups is 4. The fraction of sp³-hybridized carbons (Fsp3) is 0.765. The molecule has 0 rings (SSSR count). The maximum atomic E-state index is 12.6. The number of hydrazine groups is 1. The normalized spacial score (nSPS) is 13.9. The number of hydrogen-bond donors (Lipinski definition) is 1. The van der Waals surface area contributed by atoms with E-state index in [1.54, 1.807) is 48.5 Å². The Bertz CT molecular complexity index is 560. The van der Waals surface area contributed by atoms with Gasteiger partial charge >= 0.3 is 18.2 Å². The number of carbonyl (C=O) groups excluding carboxylic acids is 4. The summed E-state index contributed by atoms with van der Waals surface area (Å²) in [5, 5.41) is 0.507. The van der Waals surface area contributed by atoms with Gasteiger partial charge in [0, 0.05) is 0 Å². The van der Waals surface area contributed by atoms with Crippen molar-refractivity contribution in [3.63, 3.8) is 0 Å². The Balaban J connectivity index is 5.94. The van der Waals surface area contributed by atoms with Gasteiger partial charge in [0.25, 0.3) is 0 Å². The SMILES string of the molecule is CCOC(=O)C(C)(C(C)=O)N(NC(=O)OC(C)(C)C)C(=O)OC(C)(C)C. The predicted octanol–water partition coefficient (Wildman–Crippen LogP) is 2.57. The minimum absolute atomic E-state index is 0.0176. The molecule has 0 aliphatic rings. The molecule has 150 valence electrons. The fourth-order valence-electron chi connectivity index (χ4n) is 1.70. The second-order valence-electron chi connectivity index (χ2n) is 7.78. The molecule has 0 radical (unpaired) electrons. The van der Waals surface area contributed by atoms with E-state index in [2.05, 4.69) is 5.43 Å². The maximum Gasteiger partial charge on any atom is 0.430 e. The Labute approximate surface area is 154 Å². The highest BCUT2D eigenvalue weighted by Gasteiger charge is 2.51. The average Bonchev–Trinajstić information content (AvgIpc) is 2.39. The van der Waals surface area contributed by atoms with Gasteiger partial charge in [0.1, 0.15) is 11.2 Å². The van der Waals surface area contributed by atoms with Crippen LogP contribution in [0.5, 0.6) is 0 Å². The van der Waals surface area contributed by atoms with Crippen molar-refractivity contribution < 1.29 is 33.4 Å². The third-order valence-corrected chi connectivity index (χ3v) is 2.98. The lowest BCUT2D eigenvalue weighted by Crippen LogP contribution is -2.66. The van der Waals surface area contributed by atoms with E-state index in [0.29, 0.717) is 5.01 Å². The number of rotatable bonds is 4. The molecule has 0 aromatic rings. The van der Waals surface area contributed by atoms with Gasteiger partial charge in [-0.25, -0.2) is 19.8 Å². The third kappa shape index (κ3) is 6.89. The third-order valence-electron chi connectivity index (χ3n) is 2.98. The van der Waals surface area contributed by atoms with Crippen molar-refractivity contribution in [2.24, 2.45) is 0 Å². The molecule has 0 aromatic heterocycles. The van der Waals surface area contributed by atoms with E-state index in [-0.39, 0.29) is 6.61 Å². The van der Waals surface area contributed by atoms with Crippen LogP contribution in [0.2, 0.25) is 0 Å². The van der Waals surface area contributed by atoms with Gasteiger partial charge in [-0.3, -0.25) is 4.79 Å². The molecule has 0 heterocycles. The van der Waals surface area contributed by atoms with Crippen LogP contribution < -0.4 is 5.43 Å². The molecule has 1 atom stereocenters.